The lowest BCUT2D eigenvalue weighted by atomic mass is 9.86. The van der Waals surface area contributed by atoms with Crippen LogP contribution in [0.25, 0.3) is 0 Å². The van der Waals surface area contributed by atoms with Crippen molar-refractivity contribution in [3.63, 3.8) is 0 Å². The van der Waals surface area contributed by atoms with Crippen LogP contribution >= 0.6 is 24.0 Å². The molecular weight excluding hydrogens is 441 g/mol. The van der Waals surface area contributed by atoms with E-state index < -0.39 is 0 Å². The van der Waals surface area contributed by atoms with E-state index in [0.29, 0.717) is 0 Å². The summed E-state index contributed by atoms with van der Waals surface area (Å²) >= 11 is 0. The SMILES string of the molecule is CCNC(=NCCCOC)NC1CC2(CCCC2)Oc2ccccc21.I. The first kappa shape index (κ1) is 21.3. The van der Waals surface area contributed by atoms with Crippen molar-refractivity contribution >= 4 is 29.9 Å². The molecule has 2 N–H and O–H groups in total. The average Bonchev–Trinajstić information content (AvgIpc) is 3.06. The highest BCUT2D eigenvalue weighted by Gasteiger charge is 2.43. The molecule has 0 amide bonds. The Labute approximate surface area is 174 Å². The Balaban J connectivity index is 0.00000243. The summed E-state index contributed by atoms with van der Waals surface area (Å²) in [5.74, 6) is 1.91. The number of para-hydroxylation sites is 1. The Kier molecular flexibility index (Phi) is 8.47. The second-order valence-corrected chi connectivity index (χ2v) is 7.04. The number of hydrogen-bond donors (Lipinski definition) is 2. The maximum absolute atomic E-state index is 6.45. The van der Waals surface area contributed by atoms with Gasteiger partial charge in [-0.25, -0.2) is 0 Å². The van der Waals surface area contributed by atoms with Gasteiger partial charge in [-0.05, 0) is 45.1 Å². The molecule has 2 aliphatic rings. The number of benzene rings is 1. The van der Waals surface area contributed by atoms with Crippen molar-refractivity contribution in [2.75, 3.05) is 26.8 Å². The number of nitrogens with zero attached hydrogens (tertiary/aromatic N) is 1. The molecule has 1 aliphatic carbocycles. The summed E-state index contributed by atoms with van der Waals surface area (Å²) in [6, 6.07) is 8.67. The normalized spacial score (nSPS) is 20.8. The van der Waals surface area contributed by atoms with Crippen LogP contribution in [0, 0.1) is 0 Å². The van der Waals surface area contributed by atoms with Gasteiger partial charge in [0.1, 0.15) is 11.4 Å². The molecule has 1 aromatic carbocycles. The predicted octanol–water partition coefficient (Wildman–Crippen LogP) is 4.03. The number of nitrogens with one attached hydrogen (secondary N) is 2. The molecule has 1 aliphatic heterocycles. The van der Waals surface area contributed by atoms with E-state index in [4.69, 9.17) is 14.5 Å². The summed E-state index contributed by atoms with van der Waals surface area (Å²) < 4.78 is 11.6. The molecule has 146 valence electrons. The fraction of sp³-hybridized carbons (Fsp3) is 0.650. The molecule has 5 nitrogen and oxygen atoms in total. The number of fused-ring (bicyclic) bond motifs is 1. The van der Waals surface area contributed by atoms with Gasteiger partial charge in [-0.1, -0.05) is 18.2 Å². The number of hydrogen-bond acceptors (Lipinski definition) is 3. The van der Waals surface area contributed by atoms with Crippen molar-refractivity contribution < 1.29 is 9.47 Å². The minimum absolute atomic E-state index is 0. The maximum atomic E-state index is 6.45. The smallest absolute Gasteiger partial charge is 0.191 e. The largest absolute Gasteiger partial charge is 0.487 e. The van der Waals surface area contributed by atoms with E-state index >= 15 is 0 Å². The molecule has 1 heterocycles. The van der Waals surface area contributed by atoms with Crippen LogP contribution < -0.4 is 15.4 Å². The zero-order chi connectivity index (χ0) is 17.5. The van der Waals surface area contributed by atoms with Crippen LogP contribution in [-0.2, 0) is 4.74 Å². The third-order valence-corrected chi connectivity index (χ3v) is 5.14. The van der Waals surface area contributed by atoms with Crippen molar-refractivity contribution in [3.05, 3.63) is 29.8 Å². The topological polar surface area (TPSA) is 54.9 Å². The van der Waals surface area contributed by atoms with E-state index in [1.807, 2.05) is 0 Å². The van der Waals surface area contributed by atoms with Crippen LogP contribution in [0.5, 0.6) is 5.75 Å². The summed E-state index contributed by atoms with van der Waals surface area (Å²) in [5.41, 5.74) is 1.24. The van der Waals surface area contributed by atoms with Gasteiger partial charge in [0.05, 0.1) is 6.04 Å². The standard InChI is InChI=1S/C20H31N3O2.HI/c1-3-21-19(22-13-8-14-24-2)23-17-15-20(11-6-7-12-20)25-18-10-5-4-9-16(17)18;/h4-5,9-10,17H,3,6-8,11-15H2,1-2H3,(H2,21,22,23);1H. The minimum Gasteiger partial charge on any atom is -0.487 e. The highest BCUT2D eigenvalue weighted by atomic mass is 127. The van der Waals surface area contributed by atoms with E-state index in [0.717, 1.165) is 57.1 Å². The van der Waals surface area contributed by atoms with Gasteiger partial charge in [0, 0.05) is 38.8 Å². The second kappa shape index (κ2) is 10.3. The van der Waals surface area contributed by atoms with Crippen LogP contribution in [0.15, 0.2) is 29.3 Å². The highest BCUT2D eigenvalue weighted by Crippen LogP contribution is 2.46. The van der Waals surface area contributed by atoms with E-state index in [-0.39, 0.29) is 35.6 Å². The average molecular weight is 473 g/mol. The third kappa shape index (κ3) is 5.25. The molecular formula is C20H32IN3O2. The van der Waals surface area contributed by atoms with Crippen molar-refractivity contribution in [3.8, 4) is 5.75 Å². The summed E-state index contributed by atoms with van der Waals surface area (Å²) in [6.07, 6.45) is 6.77. The molecule has 1 fully saturated rings. The van der Waals surface area contributed by atoms with Crippen LogP contribution in [-0.4, -0.2) is 38.4 Å². The van der Waals surface area contributed by atoms with Crippen molar-refractivity contribution in [2.45, 2.75) is 57.1 Å². The summed E-state index contributed by atoms with van der Waals surface area (Å²) in [7, 11) is 1.73. The predicted molar refractivity (Wildman–Crippen MR) is 117 cm³/mol. The summed E-state index contributed by atoms with van der Waals surface area (Å²) in [4.78, 5) is 4.71. The zero-order valence-corrected chi connectivity index (χ0v) is 18.3. The van der Waals surface area contributed by atoms with Crippen molar-refractivity contribution in [2.24, 2.45) is 4.99 Å². The molecule has 1 atom stereocenters. The van der Waals surface area contributed by atoms with Gasteiger partial charge >= 0.3 is 0 Å². The van der Waals surface area contributed by atoms with Crippen LogP contribution in [0.1, 0.15) is 57.1 Å². The molecule has 6 heteroatoms. The van der Waals surface area contributed by atoms with Gasteiger partial charge in [-0.2, -0.15) is 0 Å². The molecule has 0 bridgehead atoms. The van der Waals surface area contributed by atoms with Gasteiger partial charge in [-0.15, -0.1) is 24.0 Å². The number of methoxy groups -OCH3 is 1. The fourth-order valence-electron chi connectivity index (χ4n) is 3.96. The Morgan fingerprint density at radius 2 is 2.08 bits per heavy atom. The van der Waals surface area contributed by atoms with Gasteiger partial charge in [0.2, 0.25) is 0 Å². The van der Waals surface area contributed by atoms with Gasteiger partial charge in [-0.3, -0.25) is 4.99 Å². The Hall–Kier alpha value is -1.02. The lowest BCUT2D eigenvalue weighted by Crippen LogP contribution is -2.46. The second-order valence-electron chi connectivity index (χ2n) is 7.04. The Bertz CT molecular complexity index is 588. The quantitative estimate of drug-likeness (QED) is 0.284. The number of rotatable bonds is 6. The first-order valence-electron chi connectivity index (χ1n) is 9.58. The number of guanidine groups is 1. The van der Waals surface area contributed by atoms with E-state index in [1.54, 1.807) is 7.11 Å². The van der Waals surface area contributed by atoms with E-state index in [1.165, 1.54) is 18.4 Å². The molecule has 0 radical (unpaired) electrons. The molecule has 26 heavy (non-hydrogen) atoms. The zero-order valence-electron chi connectivity index (χ0n) is 15.9. The van der Waals surface area contributed by atoms with E-state index in [9.17, 15) is 0 Å². The molecule has 0 aromatic heterocycles. The van der Waals surface area contributed by atoms with Crippen LogP contribution in [0.2, 0.25) is 0 Å². The van der Waals surface area contributed by atoms with Crippen molar-refractivity contribution in [1.82, 2.24) is 10.6 Å². The molecule has 3 rings (SSSR count). The Morgan fingerprint density at radius 3 is 2.81 bits per heavy atom. The monoisotopic (exact) mass is 473 g/mol. The lowest BCUT2D eigenvalue weighted by Gasteiger charge is -2.40. The molecule has 1 aromatic rings. The minimum atomic E-state index is -0.000600. The summed E-state index contributed by atoms with van der Waals surface area (Å²) in [5, 5.41) is 7.03. The molecule has 0 saturated heterocycles. The first-order chi connectivity index (χ1) is 12.3. The van der Waals surface area contributed by atoms with Gasteiger partial charge < -0.3 is 20.1 Å². The van der Waals surface area contributed by atoms with Crippen LogP contribution in [0.3, 0.4) is 0 Å². The van der Waals surface area contributed by atoms with Crippen molar-refractivity contribution in [1.29, 1.82) is 0 Å². The number of aliphatic imine (C=N–C) groups is 1. The lowest BCUT2D eigenvalue weighted by molar-refractivity contribution is 0.0396. The molecule has 1 unspecified atom stereocenters. The highest BCUT2D eigenvalue weighted by molar-refractivity contribution is 14.0. The number of halogens is 1. The molecule has 1 saturated carbocycles. The number of ether oxygens (including phenoxy) is 2. The molecule has 1 spiro atoms. The Morgan fingerprint density at radius 1 is 1.31 bits per heavy atom. The van der Waals surface area contributed by atoms with Gasteiger partial charge in [0.25, 0.3) is 0 Å². The van der Waals surface area contributed by atoms with Crippen LogP contribution in [0.4, 0.5) is 0 Å². The third-order valence-electron chi connectivity index (χ3n) is 5.14. The van der Waals surface area contributed by atoms with Gasteiger partial charge in [0.15, 0.2) is 5.96 Å². The summed E-state index contributed by atoms with van der Waals surface area (Å²) in [6.45, 7) is 4.46. The van der Waals surface area contributed by atoms with E-state index in [2.05, 4.69) is 41.8 Å². The first-order valence-corrected chi connectivity index (χ1v) is 9.58. The maximum Gasteiger partial charge on any atom is 0.191 e. The fourth-order valence-corrected chi connectivity index (χ4v) is 3.96.